The molecular formula is C17H24F2N4. The molecule has 0 spiro atoms. The highest BCUT2D eigenvalue weighted by Crippen LogP contribution is 2.29. The van der Waals surface area contributed by atoms with Crippen molar-refractivity contribution in [3.05, 3.63) is 35.9 Å². The maximum atomic E-state index is 12.5. The summed E-state index contributed by atoms with van der Waals surface area (Å²) in [5, 5.41) is 0. The van der Waals surface area contributed by atoms with Gasteiger partial charge in [0.1, 0.15) is 5.82 Å². The predicted molar refractivity (Wildman–Crippen MR) is 87.0 cm³/mol. The van der Waals surface area contributed by atoms with Crippen LogP contribution in [0.5, 0.6) is 0 Å². The largest absolute Gasteiger partial charge is 0.302 e. The van der Waals surface area contributed by atoms with Crippen LogP contribution in [-0.4, -0.2) is 58.3 Å². The van der Waals surface area contributed by atoms with Gasteiger partial charge in [0.2, 0.25) is 0 Å². The average molecular weight is 322 g/mol. The number of aryl methyl sites for hydroxylation is 1. The molecule has 0 aromatic carbocycles. The standard InChI is InChI=1S/C17H24F2N4/c1-13-5-4-6-23-14(13)11-20-16(23)17(2,3)22-9-7-21(8-10-22)12-15(18)19/h4-6,11,15H,7-10,12H2,1-3H3. The molecule has 126 valence electrons. The molecule has 0 aliphatic carbocycles. The monoisotopic (exact) mass is 322 g/mol. The minimum atomic E-state index is -2.26. The van der Waals surface area contributed by atoms with E-state index in [1.165, 1.54) is 5.56 Å². The van der Waals surface area contributed by atoms with Crippen LogP contribution in [-0.2, 0) is 5.54 Å². The molecule has 0 atom stereocenters. The highest BCUT2D eigenvalue weighted by Gasteiger charge is 2.35. The smallest absolute Gasteiger partial charge is 0.251 e. The van der Waals surface area contributed by atoms with Gasteiger partial charge < -0.3 is 4.40 Å². The Morgan fingerprint density at radius 3 is 2.57 bits per heavy atom. The first-order valence-electron chi connectivity index (χ1n) is 8.08. The molecule has 1 fully saturated rings. The van der Waals surface area contributed by atoms with E-state index in [2.05, 4.69) is 41.1 Å². The molecule has 2 aromatic rings. The number of fused-ring (bicyclic) bond motifs is 1. The zero-order chi connectivity index (χ0) is 16.6. The highest BCUT2D eigenvalue weighted by molar-refractivity contribution is 5.53. The second-order valence-electron chi connectivity index (χ2n) is 6.77. The second-order valence-corrected chi connectivity index (χ2v) is 6.77. The Morgan fingerprint density at radius 2 is 1.91 bits per heavy atom. The van der Waals surface area contributed by atoms with Gasteiger partial charge in [-0.3, -0.25) is 9.80 Å². The van der Waals surface area contributed by atoms with Crippen LogP contribution in [0.15, 0.2) is 24.5 Å². The van der Waals surface area contributed by atoms with Crippen molar-refractivity contribution in [2.75, 3.05) is 32.7 Å². The number of nitrogens with zero attached hydrogens (tertiary/aromatic N) is 4. The van der Waals surface area contributed by atoms with Gasteiger partial charge >= 0.3 is 0 Å². The Morgan fingerprint density at radius 1 is 1.22 bits per heavy atom. The molecule has 6 heteroatoms. The van der Waals surface area contributed by atoms with E-state index in [0.717, 1.165) is 24.4 Å². The van der Waals surface area contributed by atoms with E-state index in [9.17, 15) is 8.78 Å². The molecule has 0 radical (unpaired) electrons. The molecule has 0 N–H and O–H groups in total. The maximum absolute atomic E-state index is 12.5. The lowest BCUT2D eigenvalue weighted by atomic mass is 10.00. The Hall–Kier alpha value is -1.53. The first-order valence-corrected chi connectivity index (χ1v) is 8.08. The lowest BCUT2D eigenvalue weighted by Crippen LogP contribution is -2.54. The van der Waals surface area contributed by atoms with Crippen molar-refractivity contribution < 1.29 is 8.78 Å². The Bertz CT molecular complexity index is 672. The Balaban J connectivity index is 1.80. The molecule has 3 rings (SSSR count). The van der Waals surface area contributed by atoms with E-state index >= 15 is 0 Å². The van der Waals surface area contributed by atoms with Crippen LogP contribution in [0, 0.1) is 6.92 Å². The SMILES string of the molecule is Cc1cccn2c(C(C)(C)N3CCN(CC(F)F)CC3)ncc12. The lowest BCUT2D eigenvalue weighted by molar-refractivity contribution is 0.0171. The van der Waals surface area contributed by atoms with Crippen molar-refractivity contribution in [2.24, 2.45) is 0 Å². The number of hydrogen-bond donors (Lipinski definition) is 0. The number of imidazole rings is 1. The normalized spacial score (nSPS) is 18.2. The van der Waals surface area contributed by atoms with Crippen LogP contribution in [0.3, 0.4) is 0 Å². The zero-order valence-corrected chi connectivity index (χ0v) is 14.0. The van der Waals surface area contributed by atoms with E-state index in [0.29, 0.717) is 13.1 Å². The number of pyridine rings is 1. The van der Waals surface area contributed by atoms with E-state index in [-0.39, 0.29) is 12.1 Å². The molecule has 0 unspecified atom stereocenters. The quantitative estimate of drug-likeness (QED) is 0.865. The van der Waals surface area contributed by atoms with E-state index in [1.54, 1.807) is 0 Å². The number of rotatable bonds is 4. The summed E-state index contributed by atoms with van der Waals surface area (Å²) in [5.41, 5.74) is 2.08. The summed E-state index contributed by atoms with van der Waals surface area (Å²) in [5.74, 6) is 0.999. The fourth-order valence-electron chi connectivity index (χ4n) is 3.44. The topological polar surface area (TPSA) is 23.8 Å². The minimum absolute atomic E-state index is 0.125. The maximum Gasteiger partial charge on any atom is 0.251 e. The van der Waals surface area contributed by atoms with Crippen LogP contribution in [0.4, 0.5) is 8.78 Å². The van der Waals surface area contributed by atoms with Crippen molar-refractivity contribution in [1.82, 2.24) is 19.2 Å². The molecule has 0 amide bonds. The van der Waals surface area contributed by atoms with E-state index in [1.807, 2.05) is 23.4 Å². The van der Waals surface area contributed by atoms with Gasteiger partial charge in [0.25, 0.3) is 6.43 Å². The van der Waals surface area contributed by atoms with Crippen molar-refractivity contribution in [3.63, 3.8) is 0 Å². The third kappa shape index (κ3) is 3.10. The van der Waals surface area contributed by atoms with Gasteiger partial charge in [0.05, 0.1) is 23.8 Å². The van der Waals surface area contributed by atoms with Gasteiger partial charge in [0.15, 0.2) is 0 Å². The van der Waals surface area contributed by atoms with Crippen LogP contribution in [0.2, 0.25) is 0 Å². The lowest BCUT2D eigenvalue weighted by Gasteiger charge is -2.43. The number of alkyl halides is 2. The van der Waals surface area contributed by atoms with Crippen LogP contribution in [0.25, 0.3) is 5.52 Å². The van der Waals surface area contributed by atoms with Crippen molar-refractivity contribution in [1.29, 1.82) is 0 Å². The fourth-order valence-corrected chi connectivity index (χ4v) is 3.44. The van der Waals surface area contributed by atoms with E-state index in [4.69, 9.17) is 0 Å². The van der Waals surface area contributed by atoms with Gasteiger partial charge in [-0.15, -0.1) is 0 Å². The summed E-state index contributed by atoms with van der Waals surface area (Å²) < 4.78 is 27.2. The molecule has 1 saturated heterocycles. The molecule has 0 bridgehead atoms. The number of hydrogen-bond acceptors (Lipinski definition) is 3. The zero-order valence-electron chi connectivity index (χ0n) is 14.0. The molecular weight excluding hydrogens is 298 g/mol. The van der Waals surface area contributed by atoms with Gasteiger partial charge in [-0.25, -0.2) is 13.8 Å². The number of aromatic nitrogens is 2. The number of piperazine rings is 1. The van der Waals surface area contributed by atoms with Gasteiger partial charge in [-0.05, 0) is 32.4 Å². The Kier molecular flexibility index (Phi) is 4.38. The van der Waals surface area contributed by atoms with Crippen LogP contribution < -0.4 is 0 Å². The predicted octanol–water partition coefficient (Wildman–Crippen LogP) is 2.76. The van der Waals surface area contributed by atoms with Crippen molar-refractivity contribution in [2.45, 2.75) is 32.7 Å². The summed E-state index contributed by atoms with van der Waals surface area (Å²) in [4.78, 5) is 8.84. The molecule has 23 heavy (non-hydrogen) atoms. The van der Waals surface area contributed by atoms with Gasteiger partial charge in [-0.1, -0.05) is 6.07 Å². The molecule has 4 nitrogen and oxygen atoms in total. The third-order valence-electron chi connectivity index (χ3n) is 4.89. The van der Waals surface area contributed by atoms with Crippen molar-refractivity contribution >= 4 is 5.52 Å². The average Bonchev–Trinajstić information content (AvgIpc) is 2.93. The summed E-state index contributed by atoms with van der Waals surface area (Å²) in [6, 6.07) is 4.11. The summed E-state index contributed by atoms with van der Waals surface area (Å²) in [6.07, 6.45) is 1.70. The molecule has 3 heterocycles. The first-order chi connectivity index (χ1) is 10.9. The number of halogens is 2. The summed E-state index contributed by atoms with van der Waals surface area (Å²) in [6.45, 7) is 9.18. The second kappa shape index (κ2) is 6.17. The van der Waals surface area contributed by atoms with Gasteiger partial charge in [-0.2, -0.15) is 0 Å². The van der Waals surface area contributed by atoms with E-state index < -0.39 is 6.43 Å². The first kappa shape index (κ1) is 16.3. The molecule has 1 aliphatic heterocycles. The minimum Gasteiger partial charge on any atom is -0.302 e. The summed E-state index contributed by atoms with van der Waals surface area (Å²) in [7, 11) is 0. The van der Waals surface area contributed by atoms with Crippen molar-refractivity contribution in [3.8, 4) is 0 Å². The van der Waals surface area contributed by atoms with Crippen LogP contribution >= 0.6 is 0 Å². The fraction of sp³-hybridized carbons (Fsp3) is 0.588. The highest BCUT2D eigenvalue weighted by atomic mass is 19.3. The third-order valence-corrected chi connectivity index (χ3v) is 4.89. The molecule has 0 saturated carbocycles. The van der Waals surface area contributed by atoms with Crippen LogP contribution in [0.1, 0.15) is 25.2 Å². The Labute approximate surface area is 135 Å². The summed E-state index contributed by atoms with van der Waals surface area (Å²) >= 11 is 0. The molecule has 2 aromatic heterocycles. The van der Waals surface area contributed by atoms with Gasteiger partial charge in [0, 0.05) is 32.4 Å². The molecule has 1 aliphatic rings.